The van der Waals surface area contributed by atoms with Crippen LogP contribution in [-0.2, 0) is 4.74 Å². The molecule has 2 rings (SSSR count). The minimum Gasteiger partial charge on any atom is -0.478 e. The number of hydrogen-bond donors (Lipinski definition) is 1. The normalized spacial score (nSPS) is 17.0. The van der Waals surface area contributed by atoms with Gasteiger partial charge in [-0.3, -0.25) is 0 Å². The molecule has 4 nitrogen and oxygen atoms in total. The minimum atomic E-state index is -0.937. The zero-order valence-electron chi connectivity index (χ0n) is 9.06. The molecule has 6 heteroatoms. The van der Waals surface area contributed by atoms with Crippen molar-refractivity contribution in [3.05, 3.63) is 22.3 Å². The van der Waals surface area contributed by atoms with E-state index in [0.717, 1.165) is 26.1 Å². The Labute approximate surface area is 112 Å². The van der Waals surface area contributed by atoms with Crippen molar-refractivity contribution in [3.8, 4) is 0 Å². The Bertz CT molecular complexity index is 421. The summed E-state index contributed by atoms with van der Waals surface area (Å²) in [6.07, 6.45) is 3.52. The molecule has 0 radical (unpaired) electrons. The van der Waals surface area contributed by atoms with Crippen molar-refractivity contribution in [2.45, 2.75) is 23.1 Å². The van der Waals surface area contributed by atoms with Crippen LogP contribution in [0.15, 0.2) is 21.8 Å². The van der Waals surface area contributed by atoms with E-state index in [9.17, 15) is 4.79 Å². The van der Waals surface area contributed by atoms with Crippen LogP contribution in [0.2, 0.25) is 0 Å². The summed E-state index contributed by atoms with van der Waals surface area (Å²) in [6, 6.07) is 1.59. The second-order valence-electron chi connectivity index (χ2n) is 3.74. The molecule has 1 fully saturated rings. The number of carbonyl (C=O) groups is 1. The van der Waals surface area contributed by atoms with Gasteiger partial charge in [-0.05, 0) is 34.8 Å². The highest BCUT2D eigenvalue weighted by Gasteiger charge is 2.20. The van der Waals surface area contributed by atoms with Crippen LogP contribution >= 0.6 is 27.7 Å². The molecule has 0 saturated carbocycles. The third kappa shape index (κ3) is 3.43. The van der Waals surface area contributed by atoms with Crippen LogP contribution in [-0.4, -0.2) is 34.5 Å². The van der Waals surface area contributed by atoms with Crippen LogP contribution < -0.4 is 0 Å². The minimum absolute atomic E-state index is 0.260. The van der Waals surface area contributed by atoms with E-state index >= 15 is 0 Å². The SMILES string of the molecule is O=C(O)c1cc(Br)cnc1SC1CCOCC1. The molecule has 1 aliphatic rings. The van der Waals surface area contributed by atoms with E-state index in [1.807, 2.05) is 0 Å². The second kappa shape index (κ2) is 5.84. The first kappa shape index (κ1) is 12.9. The maximum absolute atomic E-state index is 11.1. The van der Waals surface area contributed by atoms with Gasteiger partial charge in [-0.25, -0.2) is 9.78 Å². The molecule has 0 spiro atoms. The van der Waals surface area contributed by atoms with Crippen LogP contribution in [0, 0.1) is 0 Å². The Balaban J connectivity index is 2.16. The lowest BCUT2D eigenvalue weighted by molar-refractivity contribution is 0.0692. The lowest BCUT2D eigenvalue weighted by Crippen LogP contribution is -2.18. The van der Waals surface area contributed by atoms with Crippen molar-refractivity contribution < 1.29 is 14.6 Å². The number of halogens is 1. The fraction of sp³-hybridized carbons (Fsp3) is 0.455. The topological polar surface area (TPSA) is 59.4 Å². The van der Waals surface area contributed by atoms with E-state index in [-0.39, 0.29) is 5.56 Å². The Morgan fingerprint density at radius 2 is 2.24 bits per heavy atom. The van der Waals surface area contributed by atoms with Gasteiger partial charge in [0.1, 0.15) is 5.03 Å². The summed E-state index contributed by atoms with van der Waals surface area (Å²) < 4.78 is 5.96. The molecule has 1 N–H and O–H groups in total. The zero-order chi connectivity index (χ0) is 12.3. The number of aromatic carboxylic acids is 1. The monoisotopic (exact) mass is 317 g/mol. The molecule has 1 saturated heterocycles. The summed E-state index contributed by atoms with van der Waals surface area (Å²) >= 11 is 4.77. The third-order valence-electron chi connectivity index (χ3n) is 2.49. The van der Waals surface area contributed by atoms with Crippen LogP contribution in [0.3, 0.4) is 0 Å². The second-order valence-corrected chi connectivity index (χ2v) is 5.95. The number of ether oxygens (including phenoxy) is 1. The molecule has 0 amide bonds. The number of carboxylic acid groups (broad SMARTS) is 1. The summed E-state index contributed by atoms with van der Waals surface area (Å²) in [4.78, 5) is 15.3. The van der Waals surface area contributed by atoms with Crippen molar-refractivity contribution in [1.29, 1.82) is 0 Å². The van der Waals surface area contributed by atoms with Crippen LogP contribution in [0.1, 0.15) is 23.2 Å². The van der Waals surface area contributed by atoms with Gasteiger partial charge in [0.05, 0.1) is 5.56 Å². The standard InChI is InChI=1S/C11H12BrNO3S/c12-7-5-9(11(14)15)10(13-6-7)17-8-1-3-16-4-2-8/h5-6,8H,1-4H2,(H,14,15). The van der Waals surface area contributed by atoms with Crippen LogP contribution in [0.25, 0.3) is 0 Å². The van der Waals surface area contributed by atoms with Crippen molar-refractivity contribution in [2.75, 3.05) is 13.2 Å². The summed E-state index contributed by atoms with van der Waals surface area (Å²) in [5.74, 6) is -0.937. The average molecular weight is 318 g/mol. The Kier molecular flexibility index (Phi) is 4.42. The van der Waals surface area contributed by atoms with Gasteiger partial charge < -0.3 is 9.84 Å². The predicted octanol–water partition coefficient (Wildman–Crippen LogP) is 2.81. The Hall–Kier alpha value is -0.590. The van der Waals surface area contributed by atoms with E-state index < -0.39 is 5.97 Å². The molecule has 1 aliphatic heterocycles. The summed E-state index contributed by atoms with van der Waals surface area (Å²) in [5.41, 5.74) is 0.260. The van der Waals surface area contributed by atoms with Crippen molar-refractivity contribution in [1.82, 2.24) is 4.98 Å². The molecule has 0 aliphatic carbocycles. The van der Waals surface area contributed by atoms with Gasteiger partial charge >= 0.3 is 5.97 Å². The molecular formula is C11H12BrNO3S. The molecule has 0 atom stereocenters. The van der Waals surface area contributed by atoms with E-state index in [2.05, 4.69) is 20.9 Å². The zero-order valence-corrected chi connectivity index (χ0v) is 11.5. The van der Waals surface area contributed by atoms with Crippen molar-refractivity contribution in [3.63, 3.8) is 0 Å². The maximum Gasteiger partial charge on any atom is 0.338 e. The van der Waals surface area contributed by atoms with Gasteiger partial charge in [0.15, 0.2) is 0 Å². The molecule has 0 unspecified atom stereocenters. The maximum atomic E-state index is 11.1. The average Bonchev–Trinajstić information content (AvgIpc) is 2.32. The number of carboxylic acids is 1. The van der Waals surface area contributed by atoms with Gasteiger partial charge in [0, 0.05) is 29.1 Å². The number of hydrogen-bond acceptors (Lipinski definition) is 4. The molecule has 1 aromatic rings. The summed E-state index contributed by atoms with van der Waals surface area (Å²) in [5, 5.41) is 10.1. The first-order valence-corrected chi connectivity index (χ1v) is 6.97. The molecule has 2 heterocycles. The van der Waals surface area contributed by atoms with E-state index in [0.29, 0.717) is 14.7 Å². The highest BCUT2D eigenvalue weighted by atomic mass is 79.9. The molecular weight excluding hydrogens is 306 g/mol. The van der Waals surface area contributed by atoms with Crippen molar-refractivity contribution in [2.24, 2.45) is 0 Å². The predicted molar refractivity (Wildman–Crippen MR) is 68.6 cm³/mol. The van der Waals surface area contributed by atoms with Crippen LogP contribution in [0.5, 0.6) is 0 Å². The van der Waals surface area contributed by atoms with Gasteiger partial charge in [-0.2, -0.15) is 0 Å². The highest BCUT2D eigenvalue weighted by Crippen LogP contribution is 2.31. The highest BCUT2D eigenvalue weighted by molar-refractivity contribution is 9.10. The molecule has 0 aromatic carbocycles. The first-order chi connectivity index (χ1) is 8.16. The van der Waals surface area contributed by atoms with E-state index in [1.54, 1.807) is 12.3 Å². The quantitative estimate of drug-likeness (QED) is 0.929. The first-order valence-electron chi connectivity index (χ1n) is 5.30. The molecule has 0 bridgehead atoms. The number of nitrogens with zero attached hydrogens (tertiary/aromatic N) is 1. The number of aromatic nitrogens is 1. The third-order valence-corrected chi connectivity index (χ3v) is 4.28. The lowest BCUT2D eigenvalue weighted by Gasteiger charge is -2.21. The van der Waals surface area contributed by atoms with Crippen LogP contribution in [0.4, 0.5) is 0 Å². The van der Waals surface area contributed by atoms with Gasteiger partial charge in [-0.15, -0.1) is 11.8 Å². The lowest BCUT2D eigenvalue weighted by atomic mass is 10.2. The van der Waals surface area contributed by atoms with E-state index in [4.69, 9.17) is 9.84 Å². The molecule has 92 valence electrons. The van der Waals surface area contributed by atoms with Gasteiger partial charge in [-0.1, -0.05) is 0 Å². The molecule has 17 heavy (non-hydrogen) atoms. The number of thioether (sulfide) groups is 1. The summed E-state index contributed by atoms with van der Waals surface area (Å²) in [7, 11) is 0. The largest absolute Gasteiger partial charge is 0.478 e. The van der Waals surface area contributed by atoms with Crippen molar-refractivity contribution >= 4 is 33.7 Å². The Morgan fingerprint density at radius 3 is 2.88 bits per heavy atom. The number of pyridine rings is 1. The fourth-order valence-corrected chi connectivity index (χ4v) is 3.09. The van der Waals surface area contributed by atoms with Gasteiger partial charge in [0.25, 0.3) is 0 Å². The molecule has 1 aromatic heterocycles. The smallest absolute Gasteiger partial charge is 0.338 e. The Morgan fingerprint density at radius 1 is 1.53 bits per heavy atom. The fourth-order valence-electron chi connectivity index (χ4n) is 1.63. The summed E-state index contributed by atoms with van der Waals surface area (Å²) in [6.45, 7) is 1.49. The number of rotatable bonds is 3. The van der Waals surface area contributed by atoms with Gasteiger partial charge in [0.2, 0.25) is 0 Å². The van der Waals surface area contributed by atoms with E-state index in [1.165, 1.54) is 11.8 Å².